The van der Waals surface area contributed by atoms with Crippen LogP contribution < -0.4 is 10.0 Å². The molecule has 0 radical (unpaired) electrons. The Morgan fingerprint density at radius 1 is 1.15 bits per heavy atom. The topological polar surface area (TPSA) is 91.7 Å². The molecule has 26 heavy (non-hydrogen) atoms. The van der Waals surface area contributed by atoms with Crippen LogP contribution in [0.1, 0.15) is 36.0 Å². The second kappa shape index (κ2) is 8.98. The number of nitrogens with zero attached hydrogens (tertiary/aromatic N) is 1. The van der Waals surface area contributed by atoms with E-state index >= 15 is 0 Å². The van der Waals surface area contributed by atoms with Crippen LogP contribution in [0.15, 0.2) is 52.0 Å². The fraction of sp³-hybridized carbons (Fsp3) is 0.389. The monoisotopic (exact) mass is 379 g/mol. The Morgan fingerprint density at radius 3 is 2.31 bits per heavy atom. The van der Waals surface area contributed by atoms with Gasteiger partial charge in [0, 0.05) is 12.1 Å². The molecule has 0 aliphatic rings. The first-order valence-electron chi connectivity index (χ1n) is 8.52. The summed E-state index contributed by atoms with van der Waals surface area (Å²) in [5, 5.41) is 2.90. The highest BCUT2D eigenvalue weighted by Gasteiger charge is 2.21. The van der Waals surface area contributed by atoms with Gasteiger partial charge in [0.25, 0.3) is 5.91 Å². The standard InChI is InChI=1S/C18H25N3O4S/c1-4-21(5-2)16(17-7-6-12-25-17)13-20-18(22)14-8-10-15(11-9-14)26(23,24)19-3/h6-12,16,19H,4-5,13H2,1-3H3,(H,20,22)/t16-/m1/s1. The second-order valence-electron chi connectivity index (χ2n) is 5.69. The van der Waals surface area contributed by atoms with Crippen molar-refractivity contribution in [1.82, 2.24) is 14.9 Å². The molecule has 2 aromatic rings. The Balaban J connectivity index is 2.08. The molecule has 0 spiro atoms. The lowest BCUT2D eigenvalue weighted by atomic mass is 10.1. The Bertz CT molecular complexity index is 797. The minimum absolute atomic E-state index is 0.0621. The van der Waals surface area contributed by atoms with Crippen LogP contribution in [-0.4, -0.2) is 45.9 Å². The number of carbonyl (C=O) groups excluding carboxylic acids is 1. The van der Waals surface area contributed by atoms with Crippen LogP contribution in [0.4, 0.5) is 0 Å². The van der Waals surface area contributed by atoms with Crippen LogP contribution in [0, 0.1) is 0 Å². The predicted octanol–water partition coefficient (Wildman–Crippen LogP) is 2.00. The number of furan rings is 1. The summed E-state index contributed by atoms with van der Waals surface area (Å²) in [5.74, 6) is 0.534. The molecule has 0 bridgehead atoms. The van der Waals surface area contributed by atoms with E-state index in [1.165, 1.54) is 31.3 Å². The average molecular weight is 379 g/mol. The Kier molecular flexibility index (Phi) is 6.96. The van der Waals surface area contributed by atoms with Crippen molar-refractivity contribution in [2.45, 2.75) is 24.8 Å². The summed E-state index contributed by atoms with van der Waals surface area (Å²) in [6.07, 6.45) is 1.62. The molecule has 1 aromatic carbocycles. The SMILES string of the molecule is CCN(CC)[C@H](CNC(=O)c1ccc(S(=O)(=O)NC)cc1)c1ccco1. The van der Waals surface area contributed by atoms with E-state index in [9.17, 15) is 13.2 Å². The van der Waals surface area contributed by atoms with Gasteiger partial charge >= 0.3 is 0 Å². The molecule has 1 atom stereocenters. The number of nitrogens with one attached hydrogen (secondary N) is 2. The van der Waals surface area contributed by atoms with E-state index in [0.717, 1.165) is 18.8 Å². The van der Waals surface area contributed by atoms with Gasteiger partial charge in [-0.25, -0.2) is 13.1 Å². The summed E-state index contributed by atoms with van der Waals surface area (Å²) >= 11 is 0. The van der Waals surface area contributed by atoms with E-state index in [-0.39, 0.29) is 16.8 Å². The van der Waals surface area contributed by atoms with Crippen LogP contribution in [-0.2, 0) is 10.0 Å². The van der Waals surface area contributed by atoms with Gasteiger partial charge in [-0.3, -0.25) is 9.69 Å². The lowest BCUT2D eigenvalue weighted by Crippen LogP contribution is -2.37. The van der Waals surface area contributed by atoms with Gasteiger partial charge in [0.2, 0.25) is 10.0 Å². The molecule has 1 amide bonds. The lowest BCUT2D eigenvalue weighted by Gasteiger charge is -2.28. The van der Waals surface area contributed by atoms with Gasteiger partial charge in [0.15, 0.2) is 0 Å². The van der Waals surface area contributed by atoms with Crippen LogP contribution in [0.3, 0.4) is 0 Å². The van der Waals surface area contributed by atoms with Crippen molar-refractivity contribution >= 4 is 15.9 Å². The highest BCUT2D eigenvalue weighted by atomic mass is 32.2. The molecule has 0 fully saturated rings. The Labute approximate surface area is 154 Å². The van der Waals surface area contributed by atoms with Gasteiger partial charge in [-0.1, -0.05) is 13.8 Å². The van der Waals surface area contributed by atoms with E-state index in [4.69, 9.17) is 4.42 Å². The zero-order chi connectivity index (χ0) is 19.2. The fourth-order valence-corrected chi connectivity index (χ4v) is 3.48. The number of hydrogen-bond donors (Lipinski definition) is 2. The summed E-state index contributed by atoms with van der Waals surface area (Å²) in [5.41, 5.74) is 0.401. The van der Waals surface area contributed by atoms with Gasteiger partial charge in [-0.2, -0.15) is 0 Å². The molecular formula is C18H25N3O4S. The number of benzene rings is 1. The second-order valence-corrected chi connectivity index (χ2v) is 7.58. The first-order valence-corrected chi connectivity index (χ1v) is 10.0. The Hall–Kier alpha value is -2.16. The van der Waals surface area contributed by atoms with Gasteiger partial charge in [-0.05, 0) is 56.5 Å². The van der Waals surface area contributed by atoms with E-state index in [1.807, 2.05) is 12.1 Å². The van der Waals surface area contributed by atoms with E-state index < -0.39 is 10.0 Å². The number of rotatable bonds is 9. The molecule has 0 saturated heterocycles. The normalized spacial score (nSPS) is 12.9. The van der Waals surface area contributed by atoms with Crippen molar-refractivity contribution in [3.05, 3.63) is 54.0 Å². The predicted molar refractivity (Wildman–Crippen MR) is 99.4 cm³/mol. The molecule has 2 N–H and O–H groups in total. The minimum atomic E-state index is -3.51. The molecule has 0 saturated carbocycles. The van der Waals surface area contributed by atoms with Crippen molar-refractivity contribution in [2.24, 2.45) is 0 Å². The molecule has 0 aliphatic heterocycles. The molecule has 7 nitrogen and oxygen atoms in total. The van der Waals surface area contributed by atoms with Crippen LogP contribution in [0.25, 0.3) is 0 Å². The fourth-order valence-electron chi connectivity index (χ4n) is 2.75. The maximum atomic E-state index is 12.4. The van der Waals surface area contributed by atoms with Gasteiger partial charge in [0.1, 0.15) is 5.76 Å². The molecule has 1 aromatic heterocycles. The van der Waals surface area contributed by atoms with Gasteiger partial charge < -0.3 is 9.73 Å². The number of sulfonamides is 1. The highest BCUT2D eigenvalue weighted by Crippen LogP contribution is 2.20. The maximum Gasteiger partial charge on any atom is 0.251 e. The first-order chi connectivity index (χ1) is 12.4. The van der Waals surface area contributed by atoms with Crippen molar-refractivity contribution < 1.29 is 17.6 Å². The first kappa shape index (κ1) is 20.2. The quantitative estimate of drug-likeness (QED) is 0.695. The summed E-state index contributed by atoms with van der Waals surface area (Å²) < 4.78 is 31.2. The van der Waals surface area contributed by atoms with Crippen LogP contribution in [0.5, 0.6) is 0 Å². The van der Waals surface area contributed by atoms with Crippen molar-refractivity contribution in [2.75, 3.05) is 26.7 Å². The molecule has 142 valence electrons. The van der Waals surface area contributed by atoms with Gasteiger partial charge in [-0.15, -0.1) is 0 Å². The van der Waals surface area contributed by atoms with Crippen molar-refractivity contribution in [3.63, 3.8) is 0 Å². The van der Waals surface area contributed by atoms with E-state index in [2.05, 4.69) is 28.8 Å². The molecule has 0 aliphatic carbocycles. The highest BCUT2D eigenvalue weighted by molar-refractivity contribution is 7.89. The number of likely N-dealkylation sites (N-methyl/N-ethyl adjacent to an activating group) is 1. The largest absolute Gasteiger partial charge is 0.468 e. The van der Waals surface area contributed by atoms with Crippen molar-refractivity contribution in [3.8, 4) is 0 Å². The molecule has 2 rings (SSSR count). The number of hydrogen-bond acceptors (Lipinski definition) is 5. The van der Waals surface area contributed by atoms with Crippen LogP contribution >= 0.6 is 0 Å². The third kappa shape index (κ3) is 4.72. The zero-order valence-electron chi connectivity index (χ0n) is 15.2. The molecular weight excluding hydrogens is 354 g/mol. The zero-order valence-corrected chi connectivity index (χ0v) is 16.0. The summed E-state index contributed by atoms with van der Waals surface area (Å²) in [6.45, 7) is 6.16. The molecule has 8 heteroatoms. The summed E-state index contributed by atoms with van der Waals surface area (Å²) in [7, 11) is -2.17. The van der Waals surface area contributed by atoms with Crippen LogP contribution in [0.2, 0.25) is 0 Å². The summed E-state index contributed by atoms with van der Waals surface area (Å²) in [4.78, 5) is 14.7. The molecule has 0 unspecified atom stereocenters. The average Bonchev–Trinajstić information content (AvgIpc) is 3.19. The minimum Gasteiger partial charge on any atom is -0.468 e. The van der Waals surface area contributed by atoms with E-state index in [1.54, 1.807) is 6.26 Å². The smallest absolute Gasteiger partial charge is 0.251 e. The summed E-state index contributed by atoms with van der Waals surface area (Å²) in [6, 6.07) is 9.48. The third-order valence-electron chi connectivity index (χ3n) is 4.28. The molecule has 1 heterocycles. The number of amides is 1. The van der Waals surface area contributed by atoms with E-state index in [0.29, 0.717) is 12.1 Å². The lowest BCUT2D eigenvalue weighted by molar-refractivity contribution is 0.0929. The Morgan fingerprint density at radius 2 is 1.81 bits per heavy atom. The van der Waals surface area contributed by atoms with Gasteiger partial charge in [0.05, 0.1) is 17.2 Å². The third-order valence-corrected chi connectivity index (χ3v) is 5.71. The maximum absolute atomic E-state index is 12.4. The number of carbonyl (C=O) groups is 1. The van der Waals surface area contributed by atoms with Crippen molar-refractivity contribution in [1.29, 1.82) is 0 Å².